The van der Waals surface area contributed by atoms with Crippen molar-refractivity contribution < 1.29 is 19.1 Å². The molecule has 2 aromatic carbocycles. The molecule has 0 atom stereocenters. The van der Waals surface area contributed by atoms with E-state index >= 15 is 0 Å². The first kappa shape index (κ1) is 17.9. The van der Waals surface area contributed by atoms with E-state index in [0.29, 0.717) is 30.2 Å². The molecule has 1 aliphatic rings. The fourth-order valence-electron chi connectivity index (χ4n) is 3.23. The minimum atomic E-state index is -0.427. The Hall–Kier alpha value is -3.54. The standard InChI is InChI=1S/C22H20N2O4/c1-3-24(4-2)22(26)27-15-9-10-17-19(12-15)28-20(21(17)25)11-14-13-23-18-8-6-5-7-16(14)18/h5-13,23H,3-4H2,1-2H3/b20-11+. The van der Waals surface area contributed by atoms with Crippen molar-refractivity contribution in [3.8, 4) is 11.5 Å². The molecule has 1 aliphatic heterocycles. The number of ether oxygens (including phenoxy) is 2. The summed E-state index contributed by atoms with van der Waals surface area (Å²) >= 11 is 0. The molecule has 0 saturated carbocycles. The zero-order valence-electron chi connectivity index (χ0n) is 15.7. The number of nitrogens with one attached hydrogen (secondary N) is 1. The fraction of sp³-hybridized carbons (Fsp3) is 0.182. The second kappa shape index (κ2) is 7.23. The number of fused-ring (bicyclic) bond motifs is 2. The summed E-state index contributed by atoms with van der Waals surface area (Å²) in [5.74, 6) is 0.784. The molecule has 6 heteroatoms. The molecular weight excluding hydrogens is 356 g/mol. The van der Waals surface area contributed by atoms with Crippen molar-refractivity contribution in [2.75, 3.05) is 13.1 Å². The maximum atomic E-state index is 12.7. The summed E-state index contributed by atoms with van der Waals surface area (Å²) in [5.41, 5.74) is 2.32. The van der Waals surface area contributed by atoms with Crippen LogP contribution in [0.25, 0.3) is 17.0 Å². The molecule has 142 valence electrons. The van der Waals surface area contributed by atoms with E-state index < -0.39 is 6.09 Å². The van der Waals surface area contributed by atoms with Gasteiger partial charge in [-0.15, -0.1) is 0 Å². The third-order valence-electron chi connectivity index (χ3n) is 4.78. The highest BCUT2D eigenvalue weighted by Gasteiger charge is 2.28. The molecule has 1 aromatic heterocycles. The van der Waals surface area contributed by atoms with Crippen molar-refractivity contribution in [3.63, 3.8) is 0 Å². The highest BCUT2D eigenvalue weighted by Crippen LogP contribution is 2.35. The lowest BCUT2D eigenvalue weighted by Gasteiger charge is -2.17. The zero-order valence-corrected chi connectivity index (χ0v) is 15.7. The van der Waals surface area contributed by atoms with E-state index in [1.165, 1.54) is 0 Å². The van der Waals surface area contributed by atoms with E-state index in [1.54, 1.807) is 29.2 Å². The number of carbonyl (C=O) groups is 2. The van der Waals surface area contributed by atoms with Crippen molar-refractivity contribution in [2.45, 2.75) is 13.8 Å². The number of benzene rings is 2. The number of aromatic nitrogens is 1. The molecule has 1 N–H and O–H groups in total. The summed E-state index contributed by atoms with van der Waals surface area (Å²) in [6.45, 7) is 4.90. The predicted molar refractivity (Wildman–Crippen MR) is 107 cm³/mol. The number of H-pyrrole nitrogens is 1. The molecule has 2 heterocycles. The van der Waals surface area contributed by atoms with Crippen molar-refractivity contribution in [3.05, 3.63) is 65.5 Å². The Morgan fingerprint density at radius 1 is 1.18 bits per heavy atom. The van der Waals surface area contributed by atoms with Crippen molar-refractivity contribution in [2.24, 2.45) is 0 Å². The molecule has 0 saturated heterocycles. The van der Waals surface area contributed by atoms with E-state index in [2.05, 4.69) is 4.98 Å². The number of rotatable bonds is 4. The van der Waals surface area contributed by atoms with Crippen molar-refractivity contribution in [1.29, 1.82) is 0 Å². The number of hydrogen-bond acceptors (Lipinski definition) is 4. The SMILES string of the molecule is CCN(CC)C(=O)Oc1ccc2c(c1)O/C(=C/c1c[nH]c3ccccc13)C2=O. The second-order valence-corrected chi connectivity index (χ2v) is 6.43. The molecule has 0 spiro atoms. The maximum Gasteiger partial charge on any atom is 0.415 e. The number of hydrogen-bond donors (Lipinski definition) is 1. The average Bonchev–Trinajstić information content (AvgIpc) is 3.24. The van der Waals surface area contributed by atoms with Gasteiger partial charge in [-0.1, -0.05) is 18.2 Å². The number of carbonyl (C=O) groups excluding carboxylic acids is 2. The molecular formula is C22H20N2O4. The van der Waals surface area contributed by atoms with Gasteiger partial charge >= 0.3 is 6.09 Å². The summed E-state index contributed by atoms with van der Waals surface area (Å²) in [6.07, 6.45) is 3.14. The summed E-state index contributed by atoms with van der Waals surface area (Å²) < 4.78 is 11.2. The van der Waals surface area contributed by atoms with Crippen molar-refractivity contribution >= 4 is 28.9 Å². The lowest BCUT2D eigenvalue weighted by atomic mass is 10.1. The molecule has 0 unspecified atom stereocenters. The summed E-state index contributed by atoms with van der Waals surface area (Å²) in [4.78, 5) is 29.5. The first-order chi connectivity index (χ1) is 13.6. The molecule has 1 amide bonds. The van der Waals surface area contributed by atoms with Gasteiger partial charge in [0.05, 0.1) is 5.56 Å². The molecule has 0 radical (unpaired) electrons. The van der Waals surface area contributed by atoms with Crippen LogP contribution >= 0.6 is 0 Å². The van der Waals surface area contributed by atoms with Gasteiger partial charge in [0.15, 0.2) is 5.76 Å². The minimum Gasteiger partial charge on any atom is -0.452 e. The molecule has 0 aliphatic carbocycles. The maximum absolute atomic E-state index is 12.7. The smallest absolute Gasteiger partial charge is 0.415 e. The third-order valence-corrected chi connectivity index (χ3v) is 4.78. The van der Waals surface area contributed by atoms with Crippen LogP contribution in [0.1, 0.15) is 29.8 Å². The fourth-order valence-corrected chi connectivity index (χ4v) is 3.23. The summed E-state index contributed by atoms with van der Waals surface area (Å²) in [5, 5.41) is 1.01. The van der Waals surface area contributed by atoms with Crippen LogP contribution in [0, 0.1) is 0 Å². The number of ketones is 1. The Bertz CT molecular complexity index is 1090. The van der Waals surface area contributed by atoms with Gasteiger partial charge in [0.25, 0.3) is 0 Å². The van der Waals surface area contributed by atoms with Crippen LogP contribution in [0.4, 0.5) is 4.79 Å². The van der Waals surface area contributed by atoms with Gasteiger partial charge < -0.3 is 19.4 Å². The summed E-state index contributed by atoms with van der Waals surface area (Å²) in [6, 6.07) is 12.7. The summed E-state index contributed by atoms with van der Waals surface area (Å²) in [7, 11) is 0. The Balaban J connectivity index is 1.59. The number of amides is 1. The Morgan fingerprint density at radius 3 is 2.75 bits per heavy atom. The number of para-hydroxylation sites is 1. The van der Waals surface area contributed by atoms with Crippen LogP contribution in [0.3, 0.4) is 0 Å². The Kier molecular flexibility index (Phi) is 4.61. The minimum absolute atomic E-state index is 0.193. The van der Waals surface area contributed by atoms with E-state index in [9.17, 15) is 9.59 Å². The second-order valence-electron chi connectivity index (χ2n) is 6.43. The predicted octanol–water partition coefficient (Wildman–Crippen LogP) is 4.62. The monoisotopic (exact) mass is 376 g/mol. The van der Waals surface area contributed by atoms with Crippen LogP contribution < -0.4 is 9.47 Å². The zero-order chi connectivity index (χ0) is 19.7. The lowest BCUT2D eigenvalue weighted by Crippen LogP contribution is -2.33. The van der Waals surface area contributed by atoms with Crippen LogP contribution in [0.5, 0.6) is 11.5 Å². The highest BCUT2D eigenvalue weighted by molar-refractivity contribution is 6.15. The quantitative estimate of drug-likeness (QED) is 0.674. The topological polar surface area (TPSA) is 71.6 Å². The Labute approximate surface area is 162 Å². The highest BCUT2D eigenvalue weighted by atomic mass is 16.6. The normalized spacial score (nSPS) is 14.2. The van der Waals surface area contributed by atoms with E-state index in [1.807, 2.05) is 44.3 Å². The Morgan fingerprint density at radius 2 is 1.96 bits per heavy atom. The van der Waals surface area contributed by atoms with E-state index in [-0.39, 0.29) is 11.5 Å². The van der Waals surface area contributed by atoms with Crippen molar-refractivity contribution in [1.82, 2.24) is 9.88 Å². The molecule has 3 aromatic rings. The average molecular weight is 376 g/mol. The molecule has 0 bridgehead atoms. The number of Topliss-reactive ketones (excluding diaryl/α,β-unsaturated/α-hetero) is 1. The van der Waals surface area contributed by atoms with Gasteiger partial charge in [0, 0.05) is 41.8 Å². The largest absolute Gasteiger partial charge is 0.452 e. The van der Waals surface area contributed by atoms with Gasteiger partial charge in [0.2, 0.25) is 5.78 Å². The van der Waals surface area contributed by atoms with E-state index in [4.69, 9.17) is 9.47 Å². The number of aromatic amines is 1. The van der Waals surface area contributed by atoms with Gasteiger partial charge in [-0.3, -0.25) is 4.79 Å². The van der Waals surface area contributed by atoms with Gasteiger partial charge in [-0.25, -0.2) is 4.79 Å². The molecule has 4 rings (SSSR count). The van der Waals surface area contributed by atoms with Crippen LogP contribution in [0.15, 0.2) is 54.4 Å². The van der Waals surface area contributed by atoms with E-state index in [0.717, 1.165) is 16.5 Å². The number of allylic oxidation sites excluding steroid dienone is 1. The third kappa shape index (κ3) is 3.13. The molecule has 0 fully saturated rings. The molecule has 6 nitrogen and oxygen atoms in total. The number of nitrogens with zero attached hydrogens (tertiary/aromatic N) is 1. The molecule has 28 heavy (non-hydrogen) atoms. The van der Waals surface area contributed by atoms with Crippen LogP contribution in [-0.2, 0) is 0 Å². The van der Waals surface area contributed by atoms with Gasteiger partial charge in [0.1, 0.15) is 11.5 Å². The van der Waals surface area contributed by atoms with Gasteiger partial charge in [-0.05, 0) is 38.1 Å². The van der Waals surface area contributed by atoms with Crippen LogP contribution in [0.2, 0.25) is 0 Å². The van der Waals surface area contributed by atoms with Gasteiger partial charge in [-0.2, -0.15) is 0 Å². The first-order valence-corrected chi connectivity index (χ1v) is 9.22. The van der Waals surface area contributed by atoms with Crippen LogP contribution in [-0.4, -0.2) is 34.8 Å². The lowest BCUT2D eigenvalue weighted by molar-refractivity contribution is 0.101. The first-order valence-electron chi connectivity index (χ1n) is 9.22.